The molecule has 44 heavy (non-hydrogen) atoms. The molecule has 11 atom stereocenters. The molecule has 12 heteroatoms. The van der Waals surface area contributed by atoms with Crippen LogP contribution < -0.4 is 5.73 Å². The number of aliphatic hydroxyl groups excluding tert-OH is 10. The summed E-state index contributed by atoms with van der Waals surface area (Å²) in [4.78, 5) is 12.2. The molecule has 0 aromatic carbocycles. The Morgan fingerprint density at radius 3 is 1.55 bits per heavy atom. The third-order valence-electron chi connectivity index (χ3n) is 7.41. The third-order valence-corrected chi connectivity index (χ3v) is 7.41. The van der Waals surface area contributed by atoms with Crippen LogP contribution in [-0.2, 0) is 4.79 Å². The standard InChI is InChI=1S/C32H59NO11/c1-3-7-31(43)21(2)32(44)20-30(42)19-29(41)17-25(37)11-5-10-24(36)16-28(40)18-27(39)15-23(35)9-4-8-22(34)14-26(38)12-6-13-33/h3-5,9,11,21-31,34-43H,1,6-8,10,12-20,33H2,2H3/b9-4+,11-5+. The van der Waals surface area contributed by atoms with E-state index in [0.29, 0.717) is 19.4 Å². The largest absolute Gasteiger partial charge is 0.393 e. The molecule has 0 aliphatic carbocycles. The van der Waals surface area contributed by atoms with E-state index in [-0.39, 0.29) is 70.0 Å². The molecule has 11 unspecified atom stereocenters. The van der Waals surface area contributed by atoms with Crippen LogP contribution in [0.2, 0.25) is 0 Å². The molecule has 0 saturated carbocycles. The van der Waals surface area contributed by atoms with E-state index in [1.54, 1.807) is 13.0 Å². The zero-order valence-corrected chi connectivity index (χ0v) is 26.1. The van der Waals surface area contributed by atoms with E-state index in [1.165, 1.54) is 24.3 Å². The van der Waals surface area contributed by atoms with Gasteiger partial charge in [-0.3, -0.25) is 4.79 Å². The lowest BCUT2D eigenvalue weighted by Gasteiger charge is -2.20. The Hall–Kier alpha value is -1.55. The summed E-state index contributed by atoms with van der Waals surface area (Å²) in [5.41, 5.74) is 5.40. The highest BCUT2D eigenvalue weighted by Crippen LogP contribution is 2.17. The summed E-state index contributed by atoms with van der Waals surface area (Å²) < 4.78 is 0. The van der Waals surface area contributed by atoms with Gasteiger partial charge in [0.15, 0.2) is 0 Å². The van der Waals surface area contributed by atoms with E-state index in [1.807, 2.05) is 0 Å². The van der Waals surface area contributed by atoms with Gasteiger partial charge in [-0.25, -0.2) is 0 Å². The van der Waals surface area contributed by atoms with E-state index < -0.39 is 67.0 Å². The van der Waals surface area contributed by atoms with Gasteiger partial charge in [-0.1, -0.05) is 37.3 Å². The summed E-state index contributed by atoms with van der Waals surface area (Å²) in [7, 11) is 0. The summed E-state index contributed by atoms with van der Waals surface area (Å²) >= 11 is 0. The van der Waals surface area contributed by atoms with Crippen LogP contribution >= 0.6 is 0 Å². The molecule has 0 rings (SSSR count). The Bertz CT molecular complexity index is 811. The second-order valence-electron chi connectivity index (χ2n) is 11.9. The molecule has 0 bridgehead atoms. The van der Waals surface area contributed by atoms with Crippen molar-refractivity contribution in [2.45, 2.75) is 145 Å². The molecular formula is C32H59NO11. The number of aliphatic hydroxyl groups is 10. The summed E-state index contributed by atoms with van der Waals surface area (Å²) in [6, 6.07) is 0. The van der Waals surface area contributed by atoms with Crippen LogP contribution in [0.4, 0.5) is 0 Å². The fourth-order valence-electron chi connectivity index (χ4n) is 4.80. The molecule has 0 aliphatic rings. The van der Waals surface area contributed by atoms with Gasteiger partial charge in [-0.2, -0.15) is 0 Å². The highest BCUT2D eigenvalue weighted by Gasteiger charge is 2.25. The van der Waals surface area contributed by atoms with E-state index in [9.17, 15) is 55.9 Å². The Labute approximate surface area is 261 Å². The van der Waals surface area contributed by atoms with Gasteiger partial charge in [0, 0.05) is 25.2 Å². The summed E-state index contributed by atoms with van der Waals surface area (Å²) in [5, 5.41) is 101. The zero-order chi connectivity index (χ0) is 33.7. The number of rotatable bonds is 27. The van der Waals surface area contributed by atoms with Crippen molar-refractivity contribution in [3.8, 4) is 0 Å². The Morgan fingerprint density at radius 2 is 1.07 bits per heavy atom. The second-order valence-corrected chi connectivity index (χ2v) is 11.9. The normalized spacial score (nSPS) is 20.0. The van der Waals surface area contributed by atoms with Crippen molar-refractivity contribution >= 4 is 5.78 Å². The Kier molecular flexibility index (Phi) is 23.8. The fraction of sp³-hybridized carbons (Fsp3) is 0.781. The van der Waals surface area contributed by atoms with Crippen LogP contribution in [0, 0.1) is 5.92 Å². The predicted molar refractivity (Wildman–Crippen MR) is 167 cm³/mol. The van der Waals surface area contributed by atoms with Crippen molar-refractivity contribution in [1.82, 2.24) is 0 Å². The minimum atomic E-state index is -1.13. The topological polar surface area (TPSA) is 245 Å². The highest BCUT2D eigenvalue weighted by atomic mass is 16.3. The van der Waals surface area contributed by atoms with Crippen LogP contribution in [0.5, 0.6) is 0 Å². The summed E-state index contributed by atoms with van der Waals surface area (Å²) in [6.07, 6.45) is -0.983. The summed E-state index contributed by atoms with van der Waals surface area (Å²) in [6.45, 7) is 5.54. The average Bonchev–Trinajstić information content (AvgIpc) is 2.90. The summed E-state index contributed by atoms with van der Waals surface area (Å²) in [5.74, 6) is -1.02. The SMILES string of the molecule is C=CCC(O)C(C)C(=O)CC(O)CC(O)CC(O)/C=C/CC(O)CC(O)CC(O)CC(O)/C=C/CC(O)CC(O)CCCN. The van der Waals surface area contributed by atoms with Crippen molar-refractivity contribution in [3.63, 3.8) is 0 Å². The number of carbonyl (C=O) groups excluding carboxylic acids is 1. The lowest BCUT2D eigenvalue weighted by atomic mass is 9.92. The van der Waals surface area contributed by atoms with Gasteiger partial charge in [0.1, 0.15) is 5.78 Å². The van der Waals surface area contributed by atoms with Crippen LogP contribution in [0.25, 0.3) is 0 Å². The maximum Gasteiger partial charge on any atom is 0.140 e. The van der Waals surface area contributed by atoms with Crippen molar-refractivity contribution in [3.05, 3.63) is 37.0 Å². The quantitative estimate of drug-likeness (QED) is 0.0524. The number of nitrogens with two attached hydrogens (primary N) is 1. The second kappa shape index (κ2) is 24.7. The molecule has 0 spiro atoms. The van der Waals surface area contributed by atoms with Gasteiger partial charge in [0.05, 0.1) is 61.0 Å². The first-order valence-electron chi connectivity index (χ1n) is 15.7. The number of carbonyl (C=O) groups is 1. The monoisotopic (exact) mass is 633 g/mol. The number of hydrogen-bond acceptors (Lipinski definition) is 12. The highest BCUT2D eigenvalue weighted by molar-refractivity contribution is 5.81. The first-order valence-corrected chi connectivity index (χ1v) is 15.7. The molecule has 0 amide bonds. The van der Waals surface area contributed by atoms with Gasteiger partial charge in [-0.05, 0) is 64.3 Å². The maximum atomic E-state index is 12.2. The number of ketones is 1. The molecule has 12 N–H and O–H groups in total. The van der Waals surface area contributed by atoms with E-state index in [0.717, 1.165) is 0 Å². The fourth-order valence-corrected chi connectivity index (χ4v) is 4.80. The third kappa shape index (κ3) is 22.0. The van der Waals surface area contributed by atoms with E-state index in [2.05, 4.69) is 6.58 Å². The van der Waals surface area contributed by atoms with Crippen LogP contribution in [0.15, 0.2) is 37.0 Å². The maximum absolute atomic E-state index is 12.2. The Morgan fingerprint density at radius 1 is 0.636 bits per heavy atom. The van der Waals surface area contributed by atoms with Crippen LogP contribution in [-0.4, -0.2) is 124 Å². The van der Waals surface area contributed by atoms with Gasteiger partial charge in [-0.15, -0.1) is 6.58 Å². The molecule has 0 radical (unpaired) electrons. The lowest BCUT2D eigenvalue weighted by molar-refractivity contribution is -0.127. The van der Waals surface area contributed by atoms with Gasteiger partial charge in [0.25, 0.3) is 0 Å². The van der Waals surface area contributed by atoms with Gasteiger partial charge < -0.3 is 56.8 Å². The predicted octanol–water partition coefficient (Wildman–Crippen LogP) is -0.261. The molecule has 0 aliphatic heterocycles. The molecule has 0 heterocycles. The van der Waals surface area contributed by atoms with Gasteiger partial charge in [0.2, 0.25) is 0 Å². The number of Topliss-reactive ketones (excluding diaryl/α,β-unsaturated/α-hetero) is 1. The van der Waals surface area contributed by atoms with Crippen molar-refractivity contribution in [2.24, 2.45) is 11.7 Å². The molecule has 0 aromatic rings. The molecule has 0 saturated heterocycles. The van der Waals surface area contributed by atoms with Crippen molar-refractivity contribution < 1.29 is 55.9 Å². The lowest BCUT2D eigenvalue weighted by Crippen LogP contribution is -2.30. The first kappa shape index (κ1) is 42.5. The molecule has 258 valence electrons. The Balaban J connectivity index is 4.32. The molecule has 12 nitrogen and oxygen atoms in total. The average molecular weight is 634 g/mol. The smallest absolute Gasteiger partial charge is 0.140 e. The van der Waals surface area contributed by atoms with Crippen molar-refractivity contribution in [1.29, 1.82) is 0 Å². The van der Waals surface area contributed by atoms with Crippen LogP contribution in [0.1, 0.15) is 84.0 Å². The van der Waals surface area contributed by atoms with Gasteiger partial charge >= 0.3 is 0 Å². The minimum absolute atomic E-state index is 0.0492. The zero-order valence-electron chi connectivity index (χ0n) is 26.1. The van der Waals surface area contributed by atoms with Crippen molar-refractivity contribution in [2.75, 3.05) is 6.54 Å². The molecular weight excluding hydrogens is 574 g/mol. The first-order chi connectivity index (χ1) is 20.7. The van der Waals surface area contributed by atoms with E-state index in [4.69, 9.17) is 5.73 Å². The number of hydrogen-bond donors (Lipinski definition) is 11. The molecule has 0 aromatic heterocycles. The van der Waals surface area contributed by atoms with Crippen LogP contribution in [0.3, 0.4) is 0 Å². The molecule has 0 fully saturated rings. The van der Waals surface area contributed by atoms with E-state index >= 15 is 0 Å². The minimum Gasteiger partial charge on any atom is -0.393 e.